The summed E-state index contributed by atoms with van der Waals surface area (Å²) >= 11 is 0. The molecule has 1 amide bonds. The highest BCUT2D eigenvalue weighted by Crippen LogP contribution is 2.18. The zero-order valence-electron chi connectivity index (χ0n) is 9.97. The molecule has 7 heteroatoms. The number of carbonyl (C=O) groups is 4. The van der Waals surface area contributed by atoms with E-state index in [0.29, 0.717) is 0 Å². The van der Waals surface area contributed by atoms with Crippen LogP contribution in [0.2, 0.25) is 0 Å². The standard InChI is InChI=1S/C12H11NO6/c1-6(14)4-10(15)13-9-3-2-7(11(16)17)5-8(9)12(18)19/h2-3,5H,4H2,1H3,(H,13,15)(H,16,17)(H,18,19). The summed E-state index contributed by atoms with van der Waals surface area (Å²) < 4.78 is 0. The van der Waals surface area contributed by atoms with E-state index in [2.05, 4.69) is 5.32 Å². The summed E-state index contributed by atoms with van der Waals surface area (Å²) in [7, 11) is 0. The highest BCUT2D eigenvalue weighted by atomic mass is 16.4. The average molecular weight is 265 g/mol. The van der Waals surface area contributed by atoms with E-state index in [4.69, 9.17) is 10.2 Å². The van der Waals surface area contributed by atoms with E-state index in [1.54, 1.807) is 0 Å². The van der Waals surface area contributed by atoms with Gasteiger partial charge in [-0.25, -0.2) is 9.59 Å². The van der Waals surface area contributed by atoms with Gasteiger partial charge in [-0.1, -0.05) is 0 Å². The van der Waals surface area contributed by atoms with E-state index < -0.39 is 17.8 Å². The number of hydrogen-bond donors (Lipinski definition) is 3. The molecule has 1 aromatic carbocycles. The molecule has 0 saturated carbocycles. The second-order valence-electron chi connectivity index (χ2n) is 3.80. The molecule has 0 aliphatic rings. The number of Topliss-reactive ketones (excluding diaryl/α,β-unsaturated/α-hetero) is 1. The highest BCUT2D eigenvalue weighted by molar-refractivity contribution is 6.07. The fraction of sp³-hybridized carbons (Fsp3) is 0.167. The fourth-order valence-electron chi connectivity index (χ4n) is 1.38. The Morgan fingerprint density at radius 2 is 1.74 bits per heavy atom. The monoisotopic (exact) mass is 265 g/mol. The van der Waals surface area contributed by atoms with Crippen LogP contribution in [0.3, 0.4) is 0 Å². The van der Waals surface area contributed by atoms with E-state index in [0.717, 1.165) is 12.1 Å². The van der Waals surface area contributed by atoms with E-state index in [1.807, 2.05) is 0 Å². The van der Waals surface area contributed by atoms with Gasteiger partial charge in [0, 0.05) is 0 Å². The lowest BCUT2D eigenvalue weighted by Gasteiger charge is -2.08. The minimum Gasteiger partial charge on any atom is -0.478 e. The van der Waals surface area contributed by atoms with Crippen molar-refractivity contribution in [3.63, 3.8) is 0 Å². The summed E-state index contributed by atoms with van der Waals surface area (Å²) in [6.45, 7) is 1.23. The molecule has 0 heterocycles. The van der Waals surface area contributed by atoms with Crippen molar-refractivity contribution in [1.82, 2.24) is 0 Å². The van der Waals surface area contributed by atoms with Crippen LogP contribution in [-0.2, 0) is 9.59 Å². The van der Waals surface area contributed by atoms with Crippen LogP contribution in [0.25, 0.3) is 0 Å². The number of carbonyl (C=O) groups excluding carboxylic acids is 2. The molecule has 100 valence electrons. The Hall–Kier alpha value is -2.70. The zero-order chi connectivity index (χ0) is 14.6. The summed E-state index contributed by atoms with van der Waals surface area (Å²) in [6.07, 6.45) is -0.375. The number of benzene rings is 1. The van der Waals surface area contributed by atoms with Crippen LogP contribution < -0.4 is 5.32 Å². The predicted molar refractivity (Wildman–Crippen MR) is 64.3 cm³/mol. The van der Waals surface area contributed by atoms with Gasteiger partial charge in [-0.05, 0) is 25.1 Å². The molecule has 0 aliphatic carbocycles. The van der Waals surface area contributed by atoms with E-state index in [1.165, 1.54) is 13.0 Å². The Morgan fingerprint density at radius 1 is 1.11 bits per heavy atom. The molecular weight excluding hydrogens is 254 g/mol. The van der Waals surface area contributed by atoms with Crippen molar-refractivity contribution in [1.29, 1.82) is 0 Å². The number of ketones is 1. The Bertz CT molecular complexity index is 563. The Balaban J connectivity index is 3.07. The van der Waals surface area contributed by atoms with Crippen molar-refractivity contribution in [2.45, 2.75) is 13.3 Å². The number of aromatic carboxylic acids is 2. The molecule has 0 aromatic heterocycles. The number of rotatable bonds is 5. The highest BCUT2D eigenvalue weighted by Gasteiger charge is 2.16. The number of anilines is 1. The third-order valence-electron chi connectivity index (χ3n) is 2.18. The van der Waals surface area contributed by atoms with Gasteiger partial charge in [-0.15, -0.1) is 0 Å². The van der Waals surface area contributed by atoms with Crippen molar-refractivity contribution in [2.24, 2.45) is 0 Å². The molecule has 0 saturated heterocycles. The van der Waals surface area contributed by atoms with Crippen LogP contribution >= 0.6 is 0 Å². The number of carboxylic acid groups (broad SMARTS) is 2. The van der Waals surface area contributed by atoms with Crippen molar-refractivity contribution in [2.75, 3.05) is 5.32 Å². The molecule has 0 radical (unpaired) electrons. The summed E-state index contributed by atoms with van der Waals surface area (Å²) in [4.78, 5) is 43.8. The van der Waals surface area contributed by atoms with Gasteiger partial charge in [-0.2, -0.15) is 0 Å². The van der Waals surface area contributed by atoms with Crippen LogP contribution in [0.1, 0.15) is 34.1 Å². The molecule has 7 nitrogen and oxygen atoms in total. The maximum atomic E-state index is 11.4. The SMILES string of the molecule is CC(=O)CC(=O)Nc1ccc(C(=O)O)cc1C(=O)O. The minimum absolute atomic E-state index is 0.0521. The van der Waals surface area contributed by atoms with Gasteiger partial charge in [0.1, 0.15) is 5.78 Å². The first-order valence-corrected chi connectivity index (χ1v) is 5.21. The predicted octanol–water partition coefficient (Wildman–Crippen LogP) is 1.00. The molecule has 0 spiro atoms. The lowest BCUT2D eigenvalue weighted by molar-refractivity contribution is -0.124. The Morgan fingerprint density at radius 3 is 2.21 bits per heavy atom. The Kier molecular flexibility index (Phi) is 4.36. The second-order valence-corrected chi connectivity index (χ2v) is 3.80. The summed E-state index contributed by atoms with van der Waals surface area (Å²) in [5.41, 5.74) is -0.609. The summed E-state index contributed by atoms with van der Waals surface area (Å²) in [6, 6.07) is 3.27. The molecule has 0 fully saturated rings. The first-order valence-electron chi connectivity index (χ1n) is 5.21. The lowest BCUT2D eigenvalue weighted by Crippen LogP contribution is -2.17. The maximum Gasteiger partial charge on any atom is 0.337 e. The molecule has 3 N–H and O–H groups in total. The first-order chi connectivity index (χ1) is 8.81. The molecule has 0 bridgehead atoms. The maximum absolute atomic E-state index is 11.4. The van der Waals surface area contributed by atoms with Crippen LogP contribution in [-0.4, -0.2) is 33.8 Å². The van der Waals surface area contributed by atoms with E-state index in [9.17, 15) is 19.2 Å². The van der Waals surface area contributed by atoms with Gasteiger partial charge in [0.25, 0.3) is 0 Å². The van der Waals surface area contributed by atoms with Gasteiger partial charge in [0.2, 0.25) is 5.91 Å². The topological polar surface area (TPSA) is 121 Å². The molecule has 1 aromatic rings. The largest absolute Gasteiger partial charge is 0.478 e. The van der Waals surface area contributed by atoms with Crippen molar-refractivity contribution >= 4 is 29.3 Å². The smallest absolute Gasteiger partial charge is 0.337 e. The molecule has 0 atom stereocenters. The zero-order valence-corrected chi connectivity index (χ0v) is 9.97. The first kappa shape index (κ1) is 14.4. The quantitative estimate of drug-likeness (QED) is 0.683. The number of nitrogens with one attached hydrogen (secondary N) is 1. The normalized spacial score (nSPS) is 9.74. The minimum atomic E-state index is -1.37. The van der Waals surface area contributed by atoms with Crippen LogP contribution in [0.4, 0.5) is 5.69 Å². The van der Waals surface area contributed by atoms with Crippen LogP contribution in [0, 0.1) is 0 Å². The van der Waals surface area contributed by atoms with Gasteiger partial charge in [0.05, 0.1) is 23.2 Å². The van der Waals surface area contributed by atoms with Crippen molar-refractivity contribution < 1.29 is 29.4 Å². The third kappa shape index (κ3) is 3.91. The molecule has 19 heavy (non-hydrogen) atoms. The summed E-state index contributed by atoms with van der Waals surface area (Å²) in [5, 5.41) is 20.0. The van der Waals surface area contributed by atoms with Crippen molar-refractivity contribution in [3.05, 3.63) is 29.3 Å². The Labute approximate surface area is 107 Å². The number of amides is 1. The lowest BCUT2D eigenvalue weighted by atomic mass is 10.1. The second kappa shape index (κ2) is 5.76. The molecule has 1 rings (SSSR count). The number of hydrogen-bond acceptors (Lipinski definition) is 4. The molecule has 0 unspecified atom stereocenters. The third-order valence-corrected chi connectivity index (χ3v) is 2.18. The van der Waals surface area contributed by atoms with E-state index in [-0.39, 0.29) is 29.0 Å². The number of carboxylic acids is 2. The van der Waals surface area contributed by atoms with Gasteiger partial charge >= 0.3 is 11.9 Å². The van der Waals surface area contributed by atoms with E-state index >= 15 is 0 Å². The van der Waals surface area contributed by atoms with Crippen molar-refractivity contribution in [3.8, 4) is 0 Å². The van der Waals surface area contributed by atoms with Gasteiger partial charge in [0.15, 0.2) is 0 Å². The van der Waals surface area contributed by atoms with Crippen LogP contribution in [0.5, 0.6) is 0 Å². The molecule has 0 aliphatic heterocycles. The van der Waals surface area contributed by atoms with Gasteiger partial charge < -0.3 is 15.5 Å². The average Bonchev–Trinajstić information content (AvgIpc) is 2.27. The van der Waals surface area contributed by atoms with Crippen LogP contribution in [0.15, 0.2) is 18.2 Å². The summed E-state index contributed by atoms with van der Waals surface area (Å²) in [5.74, 6) is -3.67. The fourth-order valence-corrected chi connectivity index (χ4v) is 1.38. The molecular formula is C12H11NO6. The van der Waals surface area contributed by atoms with Gasteiger partial charge in [-0.3, -0.25) is 9.59 Å².